The molecule has 1 unspecified atom stereocenters. The zero-order valence-corrected chi connectivity index (χ0v) is 7.77. The Hall–Kier alpha value is -1.89. The Bertz CT molecular complexity index is 382. The van der Waals surface area contributed by atoms with Crippen LogP contribution in [-0.2, 0) is 4.79 Å². The Morgan fingerprint density at radius 2 is 2.50 bits per heavy atom. The predicted octanol–water partition coefficient (Wildman–Crippen LogP) is 1.53. The van der Waals surface area contributed by atoms with Crippen molar-refractivity contribution in [2.24, 2.45) is 0 Å². The first-order valence-corrected chi connectivity index (χ1v) is 4.22. The summed E-state index contributed by atoms with van der Waals surface area (Å²) in [4.78, 5) is 14.4. The summed E-state index contributed by atoms with van der Waals surface area (Å²) < 4.78 is 0. The molecule has 4 heteroatoms. The zero-order valence-electron chi connectivity index (χ0n) is 7.77. The second-order valence-electron chi connectivity index (χ2n) is 3.05. The second-order valence-corrected chi connectivity index (χ2v) is 3.05. The average molecular weight is 190 g/mol. The van der Waals surface area contributed by atoms with E-state index < -0.39 is 5.97 Å². The number of nitrogens with zero attached hydrogens (tertiary/aromatic N) is 2. The number of pyridine rings is 1. The van der Waals surface area contributed by atoms with Crippen molar-refractivity contribution in [1.29, 1.82) is 5.26 Å². The van der Waals surface area contributed by atoms with E-state index in [0.717, 1.165) is 0 Å². The van der Waals surface area contributed by atoms with E-state index in [0.29, 0.717) is 11.3 Å². The Kier molecular flexibility index (Phi) is 3.19. The molecule has 0 aliphatic heterocycles. The molecule has 72 valence electrons. The Balaban J connectivity index is 2.95. The van der Waals surface area contributed by atoms with E-state index in [1.165, 1.54) is 6.20 Å². The van der Waals surface area contributed by atoms with Crippen LogP contribution in [0.2, 0.25) is 0 Å². The minimum absolute atomic E-state index is 0.0143. The third-order valence-corrected chi connectivity index (χ3v) is 1.96. The third kappa shape index (κ3) is 2.30. The summed E-state index contributed by atoms with van der Waals surface area (Å²) in [5.41, 5.74) is 0.999. The van der Waals surface area contributed by atoms with Crippen LogP contribution >= 0.6 is 0 Å². The molecule has 1 N–H and O–H groups in total. The number of carbonyl (C=O) groups is 1. The van der Waals surface area contributed by atoms with Crippen molar-refractivity contribution >= 4 is 5.97 Å². The Labute approximate surface area is 81.8 Å². The summed E-state index contributed by atoms with van der Waals surface area (Å²) in [6.45, 7) is 1.77. The molecule has 0 fully saturated rings. The molecule has 4 nitrogen and oxygen atoms in total. The second kappa shape index (κ2) is 4.38. The van der Waals surface area contributed by atoms with Crippen molar-refractivity contribution in [3.8, 4) is 6.07 Å². The summed E-state index contributed by atoms with van der Waals surface area (Å²) in [6, 6.07) is 5.38. The number of aliphatic carboxylic acids is 1. The van der Waals surface area contributed by atoms with Gasteiger partial charge in [0.1, 0.15) is 11.8 Å². The van der Waals surface area contributed by atoms with Gasteiger partial charge >= 0.3 is 5.97 Å². The lowest BCUT2D eigenvalue weighted by Crippen LogP contribution is -2.05. The number of hydrogen-bond donors (Lipinski definition) is 1. The van der Waals surface area contributed by atoms with Crippen molar-refractivity contribution < 1.29 is 9.90 Å². The van der Waals surface area contributed by atoms with Gasteiger partial charge in [-0.2, -0.15) is 5.26 Å². The van der Waals surface area contributed by atoms with E-state index in [9.17, 15) is 4.79 Å². The first kappa shape index (κ1) is 10.2. The van der Waals surface area contributed by atoms with Crippen LogP contribution in [-0.4, -0.2) is 16.1 Å². The SMILES string of the molecule is CC(CC(=O)O)c1cccnc1C#N. The van der Waals surface area contributed by atoms with Crippen LogP contribution < -0.4 is 0 Å². The van der Waals surface area contributed by atoms with Crippen molar-refractivity contribution in [2.45, 2.75) is 19.3 Å². The fourth-order valence-corrected chi connectivity index (χ4v) is 1.28. The maximum atomic E-state index is 10.5. The van der Waals surface area contributed by atoms with Gasteiger partial charge in [-0.3, -0.25) is 4.79 Å². The molecule has 14 heavy (non-hydrogen) atoms. The number of hydrogen-bond acceptors (Lipinski definition) is 3. The van der Waals surface area contributed by atoms with Gasteiger partial charge < -0.3 is 5.11 Å². The molecule has 1 rings (SSSR count). The van der Waals surface area contributed by atoms with Gasteiger partial charge in [-0.25, -0.2) is 4.98 Å². The summed E-state index contributed by atoms with van der Waals surface area (Å²) >= 11 is 0. The highest BCUT2D eigenvalue weighted by atomic mass is 16.4. The van der Waals surface area contributed by atoms with Crippen LogP contribution in [0.25, 0.3) is 0 Å². The molecular weight excluding hydrogens is 180 g/mol. The van der Waals surface area contributed by atoms with E-state index >= 15 is 0 Å². The highest BCUT2D eigenvalue weighted by molar-refractivity contribution is 5.68. The zero-order chi connectivity index (χ0) is 10.6. The van der Waals surface area contributed by atoms with E-state index in [1.807, 2.05) is 6.07 Å². The molecule has 1 aromatic heterocycles. The van der Waals surface area contributed by atoms with Crippen LogP contribution in [0.5, 0.6) is 0 Å². The molecule has 0 aliphatic carbocycles. The van der Waals surface area contributed by atoms with Gasteiger partial charge in [0.05, 0.1) is 6.42 Å². The smallest absolute Gasteiger partial charge is 0.303 e. The molecule has 1 atom stereocenters. The largest absolute Gasteiger partial charge is 0.481 e. The molecule has 0 spiro atoms. The Morgan fingerprint density at radius 3 is 3.07 bits per heavy atom. The number of carboxylic acid groups (broad SMARTS) is 1. The lowest BCUT2D eigenvalue weighted by molar-refractivity contribution is -0.137. The van der Waals surface area contributed by atoms with Gasteiger partial charge in [0, 0.05) is 6.20 Å². The topological polar surface area (TPSA) is 74.0 Å². The molecule has 1 aromatic rings. The normalized spacial score (nSPS) is 11.7. The first-order valence-electron chi connectivity index (χ1n) is 4.22. The number of rotatable bonds is 3. The van der Waals surface area contributed by atoms with E-state index in [4.69, 9.17) is 10.4 Å². The standard InChI is InChI=1S/C10H10N2O2/c1-7(5-10(13)14)8-3-2-4-12-9(8)6-11/h2-4,7H,5H2,1H3,(H,13,14). The van der Waals surface area contributed by atoms with Crippen molar-refractivity contribution in [2.75, 3.05) is 0 Å². The minimum Gasteiger partial charge on any atom is -0.481 e. The van der Waals surface area contributed by atoms with Gasteiger partial charge in [0.25, 0.3) is 0 Å². The van der Waals surface area contributed by atoms with Gasteiger partial charge in [-0.1, -0.05) is 13.0 Å². The van der Waals surface area contributed by atoms with Gasteiger partial charge in [0.15, 0.2) is 0 Å². The molecule has 0 bridgehead atoms. The maximum absolute atomic E-state index is 10.5. The maximum Gasteiger partial charge on any atom is 0.303 e. The first-order chi connectivity index (χ1) is 6.65. The van der Waals surface area contributed by atoms with Crippen molar-refractivity contribution in [3.63, 3.8) is 0 Å². The van der Waals surface area contributed by atoms with Crippen molar-refractivity contribution in [1.82, 2.24) is 4.98 Å². The lowest BCUT2D eigenvalue weighted by atomic mass is 9.97. The van der Waals surface area contributed by atoms with Gasteiger partial charge in [-0.15, -0.1) is 0 Å². The van der Waals surface area contributed by atoms with E-state index in [1.54, 1.807) is 19.1 Å². The van der Waals surface area contributed by atoms with Gasteiger partial charge in [-0.05, 0) is 17.5 Å². The summed E-state index contributed by atoms with van der Waals surface area (Å²) in [6.07, 6.45) is 1.54. The van der Waals surface area contributed by atoms with E-state index in [-0.39, 0.29) is 12.3 Å². The van der Waals surface area contributed by atoms with Crippen LogP contribution in [0.1, 0.15) is 30.5 Å². The Morgan fingerprint density at radius 1 is 1.79 bits per heavy atom. The molecule has 0 saturated heterocycles. The number of nitriles is 1. The van der Waals surface area contributed by atoms with E-state index in [2.05, 4.69) is 4.98 Å². The fraction of sp³-hybridized carbons (Fsp3) is 0.300. The summed E-state index contributed by atoms with van der Waals surface area (Å²) in [5.74, 6) is -1.05. The number of aromatic nitrogens is 1. The van der Waals surface area contributed by atoms with Crippen LogP contribution in [0.15, 0.2) is 18.3 Å². The third-order valence-electron chi connectivity index (χ3n) is 1.96. The number of carboxylic acids is 1. The molecular formula is C10H10N2O2. The monoisotopic (exact) mass is 190 g/mol. The lowest BCUT2D eigenvalue weighted by Gasteiger charge is -2.09. The van der Waals surface area contributed by atoms with Crippen LogP contribution in [0.3, 0.4) is 0 Å². The van der Waals surface area contributed by atoms with Crippen molar-refractivity contribution in [3.05, 3.63) is 29.6 Å². The van der Waals surface area contributed by atoms with Gasteiger partial charge in [0.2, 0.25) is 0 Å². The quantitative estimate of drug-likeness (QED) is 0.784. The average Bonchev–Trinajstić information content (AvgIpc) is 2.16. The van der Waals surface area contributed by atoms with Crippen LogP contribution in [0.4, 0.5) is 0 Å². The highest BCUT2D eigenvalue weighted by Crippen LogP contribution is 2.20. The molecule has 0 saturated carbocycles. The molecule has 0 aliphatic rings. The highest BCUT2D eigenvalue weighted by Gasteiger charge is 2.13. The summed E-state index contributed by atoms with van der Waals surface area (Å²) in [7, 11) is 0. The molecule has 0 aromatic carbocycles. The molecule has 0 radical (unpaired) electrons. The molecule has 1 heterocycles. The van der Waals surface area contributed by atoms with Crippen LogP contribution in [0, 0.1) is 11.3 Å². The minimum atomic E-state index is -0.870. The predicted molar refractivity (Wildman–Crippen MR) is 49.6 cm³/mol. The molecule has 0 amide bonds. The fourth-order valence-electron chi connectivity index (χ4n) is 1.28. The summed E-state index contributed by atoms with van der Waals surface area (Å²) in [5, 5.41) is 17.3.